The van der Waals surface area contributed by atoms with Gasteiger partial charge in [-0.15, -0.1) is 0 Å². The summed E-state index contributed by atoms with van der Waals surface area (Å²) in [5, 5.41) is 3.29. The molecule has 0 spiro atoms. The van der Waals surface area contributed by atoms with Gasteiger partial charge in [-0.05, 0) is 72.7 Å². The molecular formula is C38H41ClF3NO3. The molecule has 4 aromatic rings. The highest BCUT2D eigenvalue weighted by atomic mass is 35.5. The first-order chi connectivity index (χ1) is 22.1. The number of hydrogen-bond donors (Lipinski definition) is 1. The lowest BCUT2D eigenvalue weighted by Gasteiger charge is -2.36. The number of esters is 1. The first-order valence-electron chi connectivity index (χ1n) is 15.6. The molecule has 0 radical (unpaired) electrons. The zero-order valence-corrected chi connectivity index (χ0v) is 27.3. The lowest BCUT2D eigenvalue weighted by atomic mass is 9.70. The Balaban J connectivity index is 1.53. The summed E-state index contributed by atoms with van der Waals surface area (Å²) in [4.78, 5) is 12.7. The molecule has 0 bridgehead atoms. The topological polar surface area (TPSA) is 47.6 Å². The molecule has 8 heteroatoms. The summed E-state index contributed by atoms with van der Waals surface area (Å²) in [7, 11) is 1.41. The Kier molecular flexibility index (Phi) is 11.9. The van der Waals surface area contributed by atoms with E-state index < -0.39 is 22.6 Å². The van der Waals surface area contributed by atoms with Crippen molar-refractivity contribution in [3.8, 4) is 5.75 Å². The zero-order chi connectivity index (χ0) is 33.2. The van der Waals surface area contributed by atoms with Crippen LogP contribution >= 0.6 is 11.6 Å². The smallest absolute Gasteiger partial charge is 0.417 e. The molecule has 1 N–H and O–H groups in total. The number of methoxy groups -OCH3 is 1. The third kappa shape index (κ3) is 7.76. The number of alkyl halides is 3. The van der Waals surface area contributed by atoms with Gasteiger partial charge in [-0.1, -0.05) is 110 Å². The quantitative estimate of drug-likeness (QED) is 0.103. The second-order valence-corrected chi connectivity index (χ2v) is 11.8. The van der Waals surface area contributed by atoms with Crippen LogP contribution in [0.15, 0.2) is 103 Å². The summed E-state index contributed by atoms with van der Waals surface area (Å²) >= 11 is 6.44. The molecule has 4 nitrogen and oxygen atoms in total. The molecule has 0 amide bonds. The van der Waals surface area contributed by atoms with Crippen molar-refractivity contribution in [1.82, 2.24) is 5.32 Å². The summed E-state index contributed by atoms with van der Waals surface area (Å²) in [5.41, 5.74) is 0.963. The monoisotopic (exact) mass is 651 g/mol. The van der Waals surface area contributed by atoms with E-state index in [4.69, 9.17) is 21.1 Å². The lowest BCUT2D eigenvalue weighted by molar-refractivity contribution is -0.148. The molecule has 46 heavy (non-hydrogen) atoms. The van der Waals surface area contributed by atoms with E-state index in [0.717, 1.165) is 22.8 Å². The number of rotatable bonds is 15. The standard InChI is InChI=1S/C38H41ClF3NO3/c1-4-36(5-2,35(44)45-3)31-20-13-21-32(25-31)46-24-14-23-43-27-37(29-16-8-6-9-17-29,30-18-10-7-11-19-30)26-28-15-12-22-33(34(28)39)38(40,41)42/h6-13,15-22,25,43H,4-5,14,23-24,26-27H2,1-3H3. The maximum absolute atomic E-state index is 13.8. The van der Waals surface area contributed by atoms with Crippen molar-refractivity contribution < 1.29 is 27.4 Å². The fraction of sp³-hybridized carbons (Fsp3) is 0.342. The van der Waals surface area contributed by atoms with E-state index in [1.165, 1.54) is 13.2 Å². The maximum Gasteiger partial charge on any atom is 0.417 e. The van der Waals surface area contributed by atoms with Crippen LogP contribution in [0.1, 0.15) is 60.9 Å². The highest BCUT2D eigenvalue weighted by molar-refractivity contribution is 6.32. The Morgan fingerprint density at radius 2 is 1.39 bits per heavy atom. The predicted octanol–water partition coefficient (Wildman–Crippen LogP) is 9.18. The van der Waals surface area contributed by atoms with E-state index in [-0.39, 0.29) is 17.4 Å². The Hall–Kier alpha value is -3.81. The van der Waals surface area contributed by atoms with Gasteiger partial charge < -0.3 is 14.8 Å². The summed E-state index contributed by atoms with van der Waals surface area (Å²) < 4.78 is 52.6. The Morgan fingerprint density at radius 3 is 1.96 bits per heavy atom. The maximum atomic E-state index is 13.8. The van der Waals surface area contributed by atoms with Crippen LogP contribution in [0.2, 0.25) is 5.02 Å². The van der Waals surface area contributed by atoms with Crippen LogP contribution in [-0.2, 0) is 33.0 Å². The minimum atomic E-state index is -4.55. The molecule has 4 rings (SSSR count). The molecule has 0 aliphatic rings. The van der Waals surface area contributed by atoms with Gasteiger partial charge in [0.15, 0.2) is 0 Å². The third-order valence-electron chi connectivity index (χ3n) is 8.89. The van der Waals surface area contributed by atoms with E-state index in [1.807, 2.05) is 98.8 Å². The molecule has 0 saturated carbocycles. The van der Waals surface area contributed by atoms with E-state index in [1.54, 1.807) is 6.07 Å². The molecule has 0 aliphatic carbocycles. The van der Waals surface area contributed by atoms with Crippen LogP contribution in [0.25, 0.3) is 0 Å². The molecule has 0 fully saturated rings. The normalized spacial score (nSPS) is 12.2. The largest absolute Gasteiger partial charge is 0.494 e. The highest BCUT2D eigenvalue weighted by Crippen LogP contribution is 2.41. The van der Waals surface area contributed by atoms with Crippen molar-refractivity contribution in [2.24, 2.45) is 0 Å². The van der Waals surface area contributed by atoms with Gasteiger partial charge in [-0.2, -0.15) is 13.2 Å². The average molecular weight is 652 g/mol. The Bertz CT molecular complexity index is 1520. The van der Waals surface area contributed by atoms with Gasteiger partial charge in [0.2, 0.25) is 0 Å². The molecule has 0 heterocycles. The highest BCUT2D eigenvalue weighted by Gasteiger charge is 2.39. The number of hydrogen-bond acceptors (Lipinski definition) is 4. The lowest BCUT2D eigenvalue weighted by Crippen LogP contribution is -2.42. The van der Waals surface area contributed by atoms with Crippen LogP contribution < -0.4 is 10.1 Å². The summed E-state index contributed by atoms with van der Waals surface area (Å²) in [6, 6.07) is 31.3. The first-order valence-corrected chi connectivity index (χ1v) is 16.0. The molecule has 244 valence electrons. The fourth-order valence-corrected chi connectivity index (χ4v) is 6.54. The van der Waals surface area contributed by atoms with Crippen molar-refractivity contribution >= 4 is 17.6 Å². The zero-order valence-electron chi connectivity index (χ0n) is 26.5. The summed E-state index contributed by atoms with van der Waals surface area (Å²) in [5.74, 6) is 0.417. The van der Waals surface area contributed by atoms with Gasteiger partial charge >= 0.3 is 12.1 Å². The van der Waals surface area contributed by atoms with Crippen LogP contribution in [0.5, 0.6) is 5.75 Å². The number of carbonyl (C=O) groups excluding carboxylic acids is 1. The number of halogens is 4. The minimum Gasteiger partial charge on any atom is -0.494 e. The third-order valence-corrected chi connectivity index (χ3v) is 9.34. The van der Waals surface area contributed by atoms with Crippen LogP contribution in [-0.4, -0.2) is 32.8 Å². The van der Waals surface area contributed by atoms with Crippen molar-refractivity contribution in [2.45, 2.75) is 56.5 Å². The molecule has 0 saturated heterocycles. The van der Waals surface area contributed by atoms with Crippen molar-refractivity contribution in [1.29, 1.82) is 0 Å². The molecule has 0 unspecified atom stereocenters. The Morgan fingerprint density at radius 1 is 0.804 bits per heavy atom. The van der Waals surface area contributed by atoms with Gasteiger partial charge in [0.05, 0.1) is 29.7 Å². The van der Waals surface area contributed by atoms with Crippen LogP contribution in [0, 0.1) is 0 Å². The van der Waals surface area contributed by atoms with Crippen molar-refractivity contribution in [2.75, 3.05) is 26.8 Å². The van der Waals surface area contributed by atoms with Gasteiger partial charge in [0.1, 0.15) is 5.75 Å². The number of carbonyl (C=O) groups is 1. The average Bonchev–Trinajstić information content (AvgIpc) is 3.07. The van der Waals surface area contributed by atoms with E-state index in [9.17, 15) is 18.0 Å². The van der Waals surface area contributed by atoms with E-state index in [0.29, 0.717) is 50.3 Å². The molecular weight excluding hydrogens is 611 g/mol. The second-order valence-electron chi connectivity index (χ2n) is 11.5. The molecule has 0 aliphatic heterocycles. The first kappa shape index (κ1) is 35.1. The van der Waals surface area contributed by atoms with Crippen molar-refractivity contribution in [3.05, 3.63) is 136 Å². The predicted molar refractivity (Wildman–Crippen MR) is 178 cm³/mol. The number of ether oxygens (including phenoxy) is 2. The molecule has 0 atom stereocenters. The number of benzene rings is 4. The molecule has 4 aromatic carbocycles. The number of nitrogens with one attached hydrogen (secondary N) is 1. The van der Waals surface area contributed by atoms with E-state index >= 15 is 0 Å². The van der Waals surface area contributed by atoms with Crippen LogP contribution in [0.3, 0.4) is 0 Å². The second kappa shape index (κ2) is 15.7. The van der Waals surface area contributed by atoms with Crippen LogP contribution in [0.4, 0.5) is 13.2 Å². The van der Waals surface area contributed by atoms with Gasteiger partial charge in [-0.3, -0.25) is 4.79 Å². The minimum absolute atomic E-state index is 0.259. The Labute approximate surface area is 274 Å². The fourth-order valence-electron chi connectivity index (χ4n) is 6.24. The SMILES string of the molecule is CCC(CC)(C(=O)OC)c1cccc(OCCCNCC(Cc2cccc(C(F)(F)F)c2Cl)(c2ccccc2)c2ccccc2)c1. The molecule has 0 aromatic heterocycles. The van der Waals surface area contributed by atoms with Gasteiger partial charge in [-0.25, -0.2) is 0 Å². The van der Waals surface area contributed by atoms with Gasteiger partial charge in [0.25, 0.3) is 0 Å². The van der Waals surface area contributed by atoms with Gasteiger partial charge in [0, 0.05) is 12.0 Å². The van der Waals surface area contributed by atoms with E-state index in [2.05, 4.69) is 5.32 Å². The summed E-state index contributed by atoms with van der Waals surface area (Å²) in [6.07, 6.45) is -2.39. The van der Waals surface area contributed by atoms with Crippen molar-refractivity contribution in [3.63, 3.8) is 0 Å². The summed E-state index contributed by atoms with van der Waals surface area (Å²) in [6.45, 7) is 5.45.